The molecular weight excluding hydrogens is 340 g/mol. The number of hydrogen-bond donors (Lipinski definition) is 2. The zero-order valence-electron chi connectivity index (χ0n) is 12.9. The van der Waals surface area contributed by atoms with Gasteiger partial charge in [-0.2, -0.15) is 13.2 Å². The molecule has 2 rings (SSSR count). The molecule has 132 valence electrons. The Balaban J connectivity index is 1.92. The van der Waals surface area contributed by atoms with Crippen molar-refractivity contribution >= 4 is 23.2 Å². The maximum atomic E-state index is 13.1. The molecule has 2 N–H and O–H groups in total. The number of halogens is 4. The molecular formula is C17H14F4N2O2. The van der Waals surface area contributed by atoms with Gasteiger partial charge in [0, 0.05) is 17.8 Å². The summed E-state index contributed by atoms with van der Waals surface area (Å²) in [6.07, 6.45) is -4.61. The second-order valence-corrected chi connectivity index (χ2v) is 5.21. The van der Waals surface area contributed by atoms with Crippen molar-refractivity contribution in [3.63, 3.8) is 0 Å². The summed E-state index contributed by atoms with van der Waals surface area (Å²) in [6, 6.07) is 11.2. The van der Waals surface area contributed by atoms with Crippen LogP contribution < -0.4 is 10.6 Å². The number of carbonyl (C=O) groups is 2. The van der Waals surface area contributed by atoms with E-state index in [-0.39, 0.29) is 23.7 Å². The van der Waals surface area contributed by atoms with Gasteiger partial charge in [0.2, 0.25) is 5.91 Å². The van der Waals surface area contributed by atoms with Crippen LogP contribution in [0, 0.1) is 5.82 Å². The summed E-state index contributed by atoms with van der Waals surface area (Å²) in [5, 5.41) is 4.22. The molecule has 4 nitrogen and oxygen atoms in total. The predicted molar refractivity (Wildman–Crippen MR) is 84.5 cm³/mol. The first-order valence-electron chi connectivity index (χ1n) is 7.26. The van der Waals surface area contributed by atoms with E-state index in [2.05, 4.69) is 5.32 Å². The highest BCUT2D eigenvalue weighted by Gasteiger charge is 2.38. The van der Waals surface area contributed by atoms with Crippen LogP contribution >= 0.6 is 0 Å². The fourth-order valence-corrected chi connectivity index (χ4v) is 2.05. The van der Waals surface area contributed by atoms with E-state index in [1.54, 1.807) is 11.4 Å². The quantitative estimate of drug-likeness (QED) is 0.800. The lowest BCUT2D eigenvalue weighted by molar-refractivity contribution is -0.167. The molecule has 0 radical (unpaired) electrons. The Hall–Kier alpha value is -2.90. The molecule has 2 amide bonds. The lowest BCUT2D eigenvalue weighted by atomic mass is 10.1. The zero-order chi connectivity index (χ0) is 18.4. The van der Waals surface area contributed by atoms with E-state index >= 15 is 0 Å². The van der Waals surface area contributed by atoms with Crippen LogP contribution in [0.25, 0.3) is 0 Å². The maximum Gasteiger partial charge on any atom is 0.471 e. The average molecular weight is 354 g/mol. The van der Waals surface area contributed by atoms with Crippen molar-refractivity contribution in [2.45, 2.75) is 19.0 Å². The van der Waals surface area contributed by atoms with Crippen LogP contribution in [-0.2, 0) is 16.0 Å². The molecule has 0 aromatic heterocycles. The van der Waals surface area contributed by atoms with E-state index < -0.39 is 17.9 Å². The Kier molecular flexibility index (Phi) is 5.74. The molecule has 0 aliphatic heterocycles. The van der Waals surface area contributed by atoms with Gasteiger partial charge in [-0.1, -0.05) is 18.2 Å². The highest BCUT2D eigenvalue weighted by atomic mass is 19.4. The van der Waals surface area contributed by atoms with Gasteiger partial charge in [-0.3, -0.25) is 9.59 Å². The third-order valence-electron chi connectivity index (χ3n) is 3.19. The van der Waals surface area contributed by atoms with E-state index in [4.69, 9.17) is 0 Å². The molecule has 25 heavy (non-hydrogen) atoms. The van der Waals surface area contributed by atoms with Crippen LogP contribution in [0.3, 0.4) is 0 Å². The second-order valence-electron chi connectivity index (χ2n) is 5.21. The van der Waals surface area contributed by atoms with Gasteiger partial charge in [0.1, 0.15) is 5.82 Å². The molecule has 0 saturated heterocycles. The van der Waals surface area contributed by atoms with Crippen LogP contribution in [0.2, 0.25) is 0 Å². The molecule has 2 aromatic rings. The molecule has 0 fully saturated rings. The van der Waals surface area contributed by atoms with Crippen LogP contribution in [-0.4, -0.2) is 18.0 Å². The average Bonchev–Trinajstić information content (AvgIpc) is 2.52. The SMILES string of the molecule is O=C(CCc1cccc(F)c1)Nc1cccc(NC(=O)C(F)(F)F)c1. The van der Waals surface area contributed by atoms with E-state index in [0.717, 1.165) is 0 Å². The minimum Gasteiger partial charge on any atom is -0.326 e. The maximum absolute atomic E-state index is 13.1. The lowest BCUT2D eigenvalue weighted by Gasteiger charge is -2.10. The van der Waals surface area contributed by atoms with Gasteiger partial charge in [-0.25, -0.2) is 4.39 Å². The van der Waals surface area contributed by atoms with Crippen molar-refractivity contribution in [1.29, 1.82) is 0 Å². The van der Waals surface area contributed by atoms with Crippen LogP contribution in [0.4, 0.5) is 28.9 Å². The molecule has 0 atom stereocenters. The smallest absolute Gasteiger partial charge is 0.326 e. The number of hydrogen-bond acceptors (Lipinski definition) is 2. The molecule has 2 aromatic carbocycles. The molecule has 0 aliphatic carbocycles. The second kappa shape index (κ2) is 7.78. The van der Waals surface area contributed by atoms with Crippen molar-refractivity contribution in [3.8, 4) is 0 Å². The highest BCUT2D eigenvalue weighted by molar-refractivity contribution is 5.96. The van der Waals surface area contributed by atoms with Crippen molar-refractivity contribution in [3.05, 3.63) is 59.9 Å². The number of amides is 2. The third-order valence-corrected chi connectivity index (χ3v) is 3.19. The Morgan fingerprint density at radius 3 is 2.20 bits per heavy atom. The first kappa shape index (κ1) is 18.4. The Labute approximate surface area is 140 Å². The van der Waals surface area contributed by atoms with E-state index in [0.29, 0.717) is 12.0 Å². The fraction of sp³-hybridized carbons (Fsp3) is 0.176. The summed E-state index contributed by atoms with van der Waals surface area (Å²) in [5.41, 5.74) is 0.802. The number of aryl methyl sites for hydroxylation is 1. The monoisotopic (exact) mass is 354 g/mol. The van der Waals surface area contributed by atoms with Crippen LogP contribution in [0.1, 0.15) is 12.0 Å². The van der Waals surface area contributed by atoms with E-state index in [1.807, 2.05) is 0 Å². The Bertz CT molecular complexity index is 775. The molecule has 0 heterocycles. The summed E-state index contributed by atoms with van der Waals surface area (Å²) >= 11 is 0. The summed E-state index contributed by atoms with van der Waals surface area (Å²) in [5.74, 6) is -2.88. The van der Waals surface area contributed by atoms with Crippen LogP contribution in [0.5, 0.6) is 0 Å². The number of anilines is 2. The summed E-state index contributed by atoms with van der Waals surface area (Å²) in [4.78, 5) is 22.8. The Morgan fingerprint density at radius 1 is 0.920 bits per heavy atom. The topological polar surface area (TPSA) is 58.2 Å². The van der Waals surface area contributed by atoms with E-state index in [9.17, 15) is 27.2 Å². The first-order chi connectivity index (χ1) is 11.7. The largest absolute Gasteiger partial charge is 0.471 e. The standard InChI is InChI=1S/C17H14F4N2O2/c18-12-4-1-3-11(9-12)7-8-15(24)22-13-5-2-6-14(10-13)23-16(25)17(19,20)21/h1-6,9-10H,7-8H2,(H,22,24)(H,23,25). The van der Waals surface area contributed by atoms with Crippen molar-refractivity contribution in [2.75, 3.05) is 10.6 Å². The number of rotatable bonds is 5. The minimum atomic E-state index is -5.00. The van der Waals surface area contributed by atoms with Gasteiger partial charge in [0.15, 0.2) is 0 Å². The number of alkyl halides is 3. The van der Waals surface area contributed by atoms with Gasteiger partial charge < -0.3 is 10.6 Å². The highest BCUT2D eigenvalue weighted by Crippen LogP contribution is 2.20. The van der Waals surface area contributed by atoms with Crippen LogP contribution in [0.15, 0.2) is 48.5 Å². The predicted octanol–water partition coefficient (Wildman–Crippen LogP) is 3.90. The number of nitrogens with one attached hydrogen (secondary N) is 2. The minimum absolute atomic E-state index is 0.0720. The summed E-state index contributed by atoms with van der Waals surface area (Å²) in [6.45, 7) is 0. The number of carbonyl (C=O) groups excluding carboxylic acids is 2. The van der Waals surface area contributed by atoms with Gasteiger partial charge in [-0.05, 0) is 42.3 Å². The van der Waals surface area contributed by atoms with E-state index in [1.165, 1.54) is 42.5 Å². The third kappa shape index (κ3) is 5.91. The molecule has 8 heteroatoms. The number of benzene rings is 2. The van der Waals surface area contributed by atoms with Crippen molar-refractivity contribution in [1.82, 2.24) is 0 Å². The molecule has 0 spiro atoms. The van der Waals surface area contributed by atoms with Gasteiger partial charge in [-0.15, -0.1) is 0 Å². The molecule has 0 bridgehead atoms. The molecule has 0 unspecified atom stereocenters. The van der Waals surface area contributed by atoms with Gasteiger partial charge in [0.05, 0.1) is 0 Å². The summed E-state index contributed by atoms with van der Waals surface area (Å²) < 4.78 is 49.7. The van der Waals surface area contributed by atoms with Crippen molar-refractivity contribution < 1.29 is 27.2 Å². The summed E-state index contributed by atoms with van der Waals surface area (Å²) in [7, 11) is 0. The normalized spacial score (nSPS) is 11.0. The van der Waals surface area contributed by atoms with Gasteiger partial charge >= 0.3 is 12.1 Å². The first-order valence-corrected chi connectivity index (χ1v) is 7.26. The lowest BCUT2D eigenvalue weighted by Crippen LogP contribution is -2.29. The van der Waals surface area contributed by atoms with Gasteiger partial charge in [0.25, 0.3) is 0 Å². The zero-order valence-corrected chi connectivity index (χ0v) is 12.9. The molecule has 0 saturated carbocycles. The fourth-order valence-electron chi connectivity index (χ4n) is 2.05. The molecule has 0 aliphatic rings. The Morgan fingerprint density at radius 2 is 1.56 bits per heavy atom. The van der Waals surface area contributed by atoms with Crippen molar-refractivity contribution in [2.24, 2.45) is 0 Å².